The average Bonchev–Trinajstić information content (AvgIpc) is 2.88. The molecule has 1 saturated heterocycles. The van der Waals surface area contributed by atoms with Crippen molar-refractivity contribution in [1.82, 2.24) is 4.90 Å². The van der Waals surface area contributed by atoms with Crippen LogP contribution in [0.5, 0.6) is 17.2 Å². The predicted octanol–water partition coefficient (Wildman–Crippen LogP) is 4.81. The number of aromatic hydroxyl groups is 1. The second-order valence-electron chi connectivity index (χ2n) is 8.49. The smallest absolute Gasteiger partial charge is 0.248 e. The van der Waals surface area contributed by atoms with Gasteiger partial charge in [-0.15, -0.1) is 12.4 Å². The molecule has 1 aliphatic heterocycles. The quantitative estimate of drug-likeness (QED) is 0.425. The first-order valence-electron chi connectivity index (χ1n) is 11.6. The molecule has 3 aromatic carbocycles. The number of methoxy groups -OCH3 is 1. The van der Waals surface area contributed by atoms with Gasteiger partial charge in [0.1, 0.15) is 12.4 Å². The summed E-state index contributed by atoms with van der Waals surface area (Å²) in [6, 6.07) is 20.7. The Morgan fingerprint density at radius 1 is 1.03 bits per heavy atom. The van der Waals surface area contributed by atoms with Crippen molar-refractivity contribution in [2.75, 3.05) is 50.6 Å². The van der Waals surface area contributed by atoms with Crippen LogP contribution in [0.15, 0.2) is 72.8 Å². The fourth-order valence-corrected chi connectivity index (χ4v) is 3.92. The number of amides is 1. The van der Waals surface area contributed by atoms with Gasteiger partial charge < -0.3 is 29.7 Å². The van der Waals surface area contributed by atoms with Crippen molar-refractivity contribution in [1.29, 1.82) is 0 Å². The molecule has 0 bridgehead atoms. The number of phenols is 1. The molecule has 7 nitrogen and oxygen atoms in total. The number of benzene rings is 3. The standard InChI is InChI=1S/C28H31N3O4.ClH/c1-30-14-16-31(17-15-30)23-10-11-25(22(19-23)20-35-24-6-4-3-5-7-24)29-28(33)13-9-21-8-12-27(34-2)26(32)18-21;/h3-13,18-19,32H,14-17,20H2,1-2H3,(H,29,33);1H. The van der Waals surface area contributed by atoms with Gasteiger partial charge >= 0.3 is 0 Å². The predicted molar refractivity (Wildman–Crippen MR) is 146 cm³/mol. The molecule has 36 heavy (non-hydrogen) atoms. The van der Waals surface area contributed by atoms with Gasteiger partial charge in [0, 0.05) is 49.2 Å². The lowest BCUT2D eigenvalue weighted by molar-refractivity contribution is -0.111. The maximum Gasteiger partial charge on any atom is 0.248 e. The van der Waals surface area contributed by atoms with Gasteiger partial charge in [0.05, 0.1) is 7.11 Å². The van der Waals surface area contributed by atoms with E-state index < -0.39 is 0 Å². The number of ether oxygens (including phenoxy) is 2. The highest BCUT2D eigenvalue weighted by Gasteiger charge is 2.16. The summed E-state index contributed by atoms with van der Waals surface area (Å²) >= 11 is 0. The summed E-state index contributed by atoms with van der Waals surface area (Å²) in [6.45, 7) is 4.27. The van der Waals surface area contributed by atoms with Crippen LogP contribution in [-0.4, -0.2) is 56.3 Å². The maximum absolute atomic E-state index is 12.7. The van der Waals surface area contributed by atoms with Crippen LogP contribution in [0.2, 0.25) is 0 Å². The zero-order valence-corrected chi connectivity index (χ0v) is 21.3. The molecule has 0 spiro atoms. The number of nitrogens with one attached hydrogen (secondary N) is 1. The number of halogens is 1. The normalized spacial score (nSPS) is 13.8. The average molecular weight is 510 g/mol. The third kappa shape index (κ3) is 7.16. The Morgan fingerprint density at radius 2 is 1.78 bits per heavy atom. The van der Waals surface area contributed by atoms with Crippen molar-refractivity contribution in [3.8, 4) is 17.2 Å². The van der Waals surface area contributed by atoms with E-state index >= 15 is 0 Å². The lowest BCUT2D eigenvalue weighted by Gasteiger charge is -2.34. The zero-order chi connectivity index (χ0) is 24.6. The molecule has 2 N–H and O–H groups in total. The van der Waals surface area contributed by atoms with Crippen molar-refractivity contribution in [3.63, 3.8) is 0 Å². The molecule has 8 heteroatoms. The monoisotopic (exact) mass is 509 g/mol. The molecule has 1 aliphatic rings. The van der Waals surface area contributed by atoms with Crippen molar-refractivity contribution < 1.29 is 19.4 Å². The number of hydrogen-bond acceptors (Lipinski definition) is 6. The van der Waals surface area contributed by atoms with Crippen molar-refractivity contribution in [3.05, 3.63) is 83.9 Å². The van der Waals surface area contributed by atoms with Gasteiger partial charge in [0.15, 0.2) is 11.5 Å². The molecule has 190 valence electrons. The van der Waals surface area contributed by atoms with Crippen LogP contribution in [0, 0.1) is 0 Å². The van der Waals surface area contributed by atoms with Gasteiger partial charge in [-0.25, -0.2) is 0 Å². The first-order valence-corrected chi connectivity index (χ1v) is 11.6. The highest BCUT2D eigenvalue weighted by Crippen LogP contribution is 2.28. The Balaban J connectivity index is 0.00000361. The summed E-state index contributed by atoms with van der Waals surface area (Å²) in [6.07, 6.45) is 3.09. The fourth-order valence-electron chi connectivity index (χ4n) is 3.92. The van der Waals surface area contributed by atoms with Crippen LogP contribution in [0.3, 0.4) is 0 Å². The van der Waals surface area contributed by atoms with Crippen LogP contribution >= 0.6 is 12.4 Å². The molecule has 1 heterocycles. The molecule has 3 aromatic rings. The minimum atomic E-state index is -0.270. The second kappa shape index (κ2) is 12.9. The second-order valence-corrected chi connectivity index (χ2v) is 8.49. The molecule has 0 radical (unpaired) electrons. The SMILES string of the molecule is COc1ccc(C=CC(=O)Nc2ccc(N3CCN(C)CC3)cc2COc2ccccc2)cc1O.Cl. The van der Waals surface area contributed by atoms with Gasteiger partial charge in [0.25, 0.3) is 0 Å². The largest absolute Gasteiger partial charge is 0.504 e. The molecule has 0 atom stereocenters. The Bertz CT molecular complexity index is 1180. The van der Waals surface area contributed by atoms with Crippen molar-refractivity contribution >= 4 is 35.8 Å². The number of carbonyl (C=O) groups is 1. The molecule has 0 aliphatic carbocycles. The van der Waals surface area contributed by atoms with E-state index in [4.69, 9.17) is 9.47 Å². The fraction of sp³-hybridized carbons (Fsp3) is 0.250. The highest BCUT2D eigenvalue weighted by molar-refractivity contribution is 6.02. The number of rotatable bonds is 8. The van der Waals surface area contributed by atoms with Gasteiger partial charge in [0.2, 0.25) is 5.91 Å². The first kappa shape index (κ1) is 26.9. The number of piperazine rings is 1. The number of para-hydroxylation sites is 1. The van der Waals surface area contributed by atoms with Crippen molar-refractivity contribution in [2.24, 2.45) is 0 Å². The molecule has 0 unspecified atom stereocenters. The molecule has 1 fully saturated rings. The first-order chi connectivity index (χ1) is 17.0. The summed E-state index contributed by atoms with van der Waals surface area (Å²) in [5.74, 6) is 0.910. The highest BCUT2D eigenvalue weighted by atomic mass is 35.5. The van der Waals surface area contributed by atoms with Gasteiger partial charge in [-0.1, -0.05) is 24.3 Å². The Hall–Kier alpha value is -3.68. The molecular weight excluding hydrogens is 478 g/mol. The van der Waals surface area contributed by atoms with Gasteiger partial charge in [-0.2, -0.15) is 0 Å². The van der Waals surface area contributed by atoms with Crippen LogP contribution in [0.4, 0.5) is 11.4 Å². The number of anilines is 2. The molecule has 0 aromatic heterocycles. The summed E-state index contributed by atoms with van der Waals surface area (Å²) in [5, 5.41) is 12.9. The Labute approximate surface area is 218 Å². The van der Waals surface area contributed by atoms with Crippen LogP contribution in [0.25, 0.3) is 6.08 Å². The lowest BCUT2D eigenvalue weighted by Crippen LogP contribution is -2.44. The zero-order valence-electron chi connectivity index (χ0n) is 20.5. The van der Waals surface area contributed by atoms with E-state index in [1.54, 1.807) is 24.3 Å². The van der Waals surface area contributed by atoms with Crippen molar-refractivity contribution in [2.45, 2.75) is 6.61 Å². The van der Waals surface area contributed by atoms with E-state index in [9.17, 15) is 9.90 Å². The number of phenolic OH excluding ortho intramolecular Hbond substituents is 1. The van der Waals surface area contributed by atoms with Gasteiger partial charge in [-0.05, 0) is 61.2 Å². The topological polar surface area (TPSA) is 74.3 Å². The van der Waals surface area contributed by atoms with E-state index in [0.29, 0.717) is 23.6 Å². The van der Waals surface area contributed by atoms with E-state index in [0.717, 1.165) is 43.2 Å². The Kier molecular flexibility index (Phi) is 9.61. The lowest BCUT2D eigenvalue weighted by atomic mass is 10.1. The summed E-state index contributed by atoms with van der Waals surface area (Å²) < 4.78 is 11.1. The van der Waals surface area contributed by atoms with Gasteiger partial charge in [-0.3, -0.25) is 4.79 Å². The molecule has 4 rings (SSSR count). The summed E-state index contributed by atoms with van der Waals surface area (Å²) in [5.41, 5.74) is 3.41. The summed E-state index contributed by atoms with van der Waals surface area (Å²) in [7, 11) is 3.63. The third-order valence-corrected chi connectivity index (χ3v) is 5.98. The number of likely N-dealkylation sites (N-methyl/N-ethyl adjacent to an activating group) is 1. The number of nitrogens with zero attached hydrogens (tertiary/aromatic N) is 2. The Morgan fingerprint density at radius 3 is 2.47 bits per heavy atom. The summed E-state index contributed by atoms with van der Waals surface area (Å²) in [4.78, 5) is 17.4. The van der Waals surface area contributed by atoms with Crippen LogP contribution < -0.4 is 19.7 Å². The van der Waals surface area contributed by atoms with E-state index in [1.165, 1.54) is 13.2 Å². The van der Waals surface area contributed by atoms with Crippen LogP contribution in [0.1, 0.15) is 11.1 Å². The minimum absolute atomic E-state index is 0. The third-order valence-electron chi connectivity index (χ3n) is 5.98. The van der Waals surface area contributed by atoms with E-state index in [-0.39, 0.29) is 24.1 Å². The maximum atomic E-state index is 12.7. The number of hydrogen-bond donors (Lipinski definition) is 2. The van der Waals surface area contributed by atoms with Crippen LogP contribution in [-0.2, 0) is 11.4 Å². The number of carbonyl (C=O) groups excluding carboxylic acids is 1. The van der Waals surface area contributed by atoms with E-state index in [2.05, 4.69) is 28.2 Å². The van der Waals surface area contributed by atoms with E-state index in [1.807, 2.05) is 42.5 Å². The minimum Gasteiger partial charge on any atom is -0.504 e. The molecular formula is C28H32ClN3O4. The molecule has 0 saturated carbocycles. The molecule has 1 amide bonds.